The van der Waals surface area contributed by atoms with E-state index in [4.69, 9.17) is 16.7 Å². The van der Waals surface area contributed by atoms with Crippen molar-refractivity contribution in [3.8, 4) is 5.69 Å². The number of aliphatic carboxylic acids is 1. The zero-order chi connectivity index (χ0) is 30.9. The topological polar surface area (TPSA) is 159 Å². The molecule has 43 heavy (non-hydrogen) atoms. The predicted octanol–water partition coefficient (Wildman–Crippen LogP) is 2.99. The average Bonchev–Trinajstić information content (AvgIpc) is 3.50. The van der Waals surface area contributed by atoms with Gasteiger partial charge in [0.25, 0.3) is 5.91 Å². The maximum atomic E-state index is 14.8. The zero-order valence-corrected chi connectivity index (χ0v) is 23.4. The lowest BCUT2D eigenvalue weighted by Crippen LogP contribution is -2.44. The summed E-state index contributed by atoms with van der Waals surface area (Å²) in [6.07, 6.45) is 4.25. The Morgan fingerprint density at radius 1 is 1.09 bits per heavy atom. The normalized spacial score (nSPS) is 11.6. The van der Waals surface area contributed by atoms with E-state index in [2.05, 4.69) is 26.2 Å². The second kappa shape index (κ2) is 14.0. The SMILES string of the molecule is CN(CC(=O)O)C(=O)c1ccc(NC(=O)[C@H](Cc2ccccc2)NC(=O)/C=C/c2cc(Cl)ccc2-n2cnnn2)cc1F. The first kappa shape index (κ1) is 30.5. The van der Waals surface area contributed by atoms with Crippen LogP contribution in [0.5, 0.6) is 0 Å². The molecule has 0 saturated carbocycles. The Kier molecular flexibility index (Phi) is 9.91. The molecule has 0 saturated heterocycles. The molecular formula is C29H25ClFN7O5. The maximum absolute atomic E-state index is 14.8. The van der Waals surface area contributed by atoms with Crippen LogP contribution in [0.1, 0.15) is 21.5 Å². The molecule has 4 rings (SSSR count). The molecule has 1 heterocycles. The Labute approximate surface area is 249 Å². The van der Waals surface area contributed by atoms with Crippen LogP contribution in [0.4, 0.5) is 10.1 Å². The van der Waals surface area contributed by atoms with E-state index in [-0.39, 0.29) is 17.7 Å². The molecule has 12 nitrogen and oxygen atoms in total. The summed E-state index contributed by atoms with van der Waals surface area (Å²) in [6.45, 7) is -0.609. The summed E-state index contributed by atoms with van der Waals surface area (Å²) >= 11 is 6.14. The molecule has 3 amide bonds. The van der Waals surface area contributed by atoms with Crippen LogP contribution < -0.4 is 10.6 Å². The van der Waals surface area contributed by atoms with Gasteiger partial charge in [-0.25, -0.2) is 4.39 Å². The van der Waals surface area contributed by atoms with Crippen LogP contribution in [0.25, 0.3) is 11.8 Å². The number of aromatic nitrogens is 4. The van der Waals surface area contributed by atoms with E-state index in [1.54, 1.807) is 42.5 Å². The Bertz CT molecular complexity index is 1670. The van der Waals surface area contributed by atoms with E-state index in [0.29, 0.717) is 16.3 Å². The lowest BCUT2D eigenvalue weighted by atomic mass is 10.0. The van der Waals surface area contributed by atoms with Crippen molar-refractivity contribution in [1.82, 2.24) is 30.4 Å². The van der Waals surface area contributed by atoms with Gasteiger partial charge in [-0.3, -0.25) is 19.2 Å². The summed E-state index contributed by atoms with van der Waals surface area (Å²) in [5, 5.41) is 25.6. The highest BCUT2D eigenvalue weighted by Crippen LogP contribution is 2.21. The molecule has 4 aromatic rings. The van der Waals surface area contributed by atoms with E-state index < -0.39 is 42.1 Å². The number of halogens is 2. The molecule has 14 heteroatoms. The number of carboxylic acid groups (broad SMARTS) is 1. The van der Waals surface area contributed by atoms with Crippen molar-refractivity contribution in [3.05, 3.63) is 107 Å². The highest BCUT2D eigenvalue weighted by atomic mass is 35.5. The molecule has 220 valence electrons. The van der Waals surface area contributed by atoms with Gasteiger partial charge in [0.05, 0.1) is 11.3 Å². The smallest absolute Gasteiger partial charge is 0.323 e. The molecule has 0 unspecified atom stereocenters. The van der Waals surface area contributed by atoms with Gasteiger partial charge in [-0.2, -0.15) is 4.68 Å². The molecule has 0 aliphatic carbocycles. The van der Waals surface area contributed by atoms with E-state index >= 15 is 0 Å². The molecular weight excluding hydrogens is 581 g/mol. The molecule has 1 atom stereocenters. The van der Waals surface area contributed by atoms with E-state index in [1.807, 2.05) is 6.07 Å². The highest BCUT2D eigenvalue weighted by Gasteiger charge is 2.23. The number of amides is 3. The maximum Gasteiger partial charge on any atom is 0.323 e. The van der Waals surface area contributed by atoms with Crippen molar-refractivity contribution >= 4 is 47.1 Å². The number of carbonyl (C=O) groups excluding carboxylic acids is 3. The number of hydrogen-bond acceptors (Lipinski definition) is 7. The van der Waals surface area contributed by atoms with Crippen molar-refractivity contribution in [2.45, 2.75) is 12.5 Å². The highest BCUT2D eigenvalue weighted by molar-refractivity contribution is 6.30. The fourth-order valence-corrected chi connectivity index (χ4v) is 4.24. The van der Waals surface area contributed by atoms with Gasteiger partial charge in [-0.05, 0) is 58.5 Å². The van der Waals surface area contributed by atoms with Crippen LogP contribution in [-0.2, 0) is 20.8 Å². The number of hydrogen-bond donors (Lipinski definition) is 3. The lowest BCUT2D eigenvalue weighted by molar-refractivity contribution is -0.137. The summed E-state index contributed by atoms with van der Waals surface area (Å²) < 4.78 is 16.2. The van der Waals surface area contributed by atoms with E-state index in [1.165, 1.54) is 36.3 Å². The van der Waals surface area contributed by atoms with Gasteiger partial charge in [-0.15, -0.1) is 5.10 Å². The molecule has 0 aliphatic rings. The summed E-state index contributed by atoms with van der Waals surface area (Å²) in [5.74, 6) is -4.26. The number of nitrogens with zero attached hydrogens (tertiary/aromatic N) is 5. The van der Waals surface area contributed by atoms with Gasteiger partial charge in [0, 0.05) is 35.8 Å². The summed E-state index contributed by atoms with van der Waals surface area (Å²) in [7, 11) is 1.23. The predicted molar refractivity (Wildman–Crippen MR) is 155 cm³/mol. The third-order valence-electron chi connectivity index (χ3n) is 6.10. The molecule has 0 spiro atoms. The quantitative estimate of drug-likeness (QED) is 0.220. The van der Waals surface area contributed by atoms with Crippen molar-refractivity contribution < 1.29 is 28.7 Å². The number of nitrogens with one attached hydrogen (secondary N) is 2. The van der Waals surface area contributed by atoms with Gasteiger partial charge in [0.15, 0.2) is 0 Å². The molecule has 0 radical (unpaired) electrons. The third-order valence-corrected chi connectivity index (χ3v) is 6.34. The number of anilines is 1. The molecule has 3 aromatic carbocycles. The van der Waals surface area contributed by atoms with Gasteiger partial charge >= 0.3 is 5.97 Å². The summed E-state index contributed by atoms with van der Waals surface area (Å²) in [5.41, 5.74) is 1.54. The Hall–Kier alpha value is -5.43. The summed E-state index contributed by atoms with van der Waals surface area (Å²) in [6, 6.07) is 16.3. The van der Waals surface area contributed by atoms with Crippen molar-refractivity contribution in [2.75, 3.05) is 18.9 Å². The Balaban J connectivity index is 1.51. The summed E-state index contributed by atoms with van der Waals surface area (Å²) in [4.78, 5) is 50.4. The van der Waals surface area contributed by atoms with Crippen LogP contribution in [0.3, 0.4) is 0 Å². The molecule has 0 aliphatic heterocycles. The Morgan fingerprint density at radius 3 is 2.53 bits per heavy atom. The minimum atomic E-state index is -1.25. The molecule has 0 fully saturated rings. The van der Waals surface area contributed by atoms with E-state index in [0.717, 1.165) is 22.6 Å². The fraction of sp³-hybridized carbons (Fsp3) is 0.138. The first-order valence-corrected chi connectivity index (χ1v) is 13.1. The van der Waals surface area contributed by atoms with Gasteiger partial charge in [0.1, 0.15) is 24.7 Å². The average molecular weight is 606 g/mol. The Morgan fingerprint density at radius 2 is 1.86 bits per heavy atom. The first-order chi connectivity index (χ1) is 20.6. The van der Waals surface area contributed by atoms with Crippen molar-refractivity contribution in [3.63, 3.8) is 0 Å². The van der Waals surface area contributed by atoms with Crippen LogP contribution >= 0.6 is 11.6 Å². The van der Waals surface area contributed by atoms with Crippen LogP contribution in [0.2, 0.25) is 5.02 Å². The lowest BCUT2D eigenvalue weighted by Gasteiger charge is -2.19. The number of rotatable bonds is 11. The largest absolute Gasteiger partial charge is 0.480 e. The number of carbonyl (C=O) groups is 4. The van der Waals surface area contributed by atoms with Gasteiger partial charge in [-0.1, -0.05) is 41.9 Å². The van der Waals surface area contributed by atoms with Gasteiger partial charge in [0.2, 0.25) is 11.8 Å². The number of benzene rings is 3. The van der Waals surface area contributed by atoms with Crippen LogP contribution in [-0.4, -0.2) is 73.5 Å². The zero-order valence-electron chi connectivity index (χ0n) is 22.6. The molecule has 0 bridgehead atoms. The standard InChI is InChI=1S/C29H25ClFN7O5/c1-37(16-27(40)41)29(43)22-10-9-21(15-23(22)31)33-28(42)24(13-18-5-3-2-4-6-18)34-26(39)12-7-19-14-20(30)8-11-25(19)38-17-32-35-36-38/h2-12,14-15,17,24H,13,16H2,1H3,(H,33,42)(H,34,39)(H,40,41)/b12-7+/t24-/m0/s1. The van der Waals surface area contributed by atoms with Crippen molar-refractivity contribution in [1.29, 1.82) is 0 Å². The minimum absolute atomic E-state index is 0.0350. The second-order valence-electron chi connectivity index (χ2n) is 9.28. The fourth-order valence-electron chi connectivity index (χ4n) is 4.06. The number of carboxylic acids is 1. The minimum Gasteiger partial charge on any atom is -0.480 e. The number of likely N-dealkylation sites (N-methyl/N-ethyl adjacent to an activating group) is 1. The first-order valence-electron chi connectivity index (χ1n) is 12.7. The van der Waals surface area contributed by atoms with Crippen LogP contribution in [0, 0.1) is 5.82 Å². The van der Waals surface area contributed by atoms with Gasteiger partial charge < -0.3 is 20.6 Å². The second-order valence-corrected chi connectivity index (χ2v) is 9.72. The third kappa shape index (κ3) is 8.30. The van der Waals surface area contributed by atoms with Crippen LogP contribution in [0.15, 0.2) is 79.1 Å². The monoisotopic (exact) mass is 605 g/mol. The molecule has 3 N–H and O–H groups in total. The molecule has 1 aromatic heterocycles. The van der Waals surface area contributed by atoms with Crippen molar-refractivity contribution in [2.24, 2.45) is 0 Å². The van der Waals surface area contributed by atoms with E-state index in [9.17, 15) is 23.6 Å². The number of tetrazole rings is 1.